The molecule has 6 nitrogen and oxygen atoms in total. The van der Waals surface area contributed by atoms with Gasteiger partial charge in [0, 0.05) is 16.6 Å². The summed E-state index contributed by atoms with van der Waals surface area (Å²) in [6, 6.07) is 5.09. The Hall–Kier alpha value is -2.02. The molecule has 0 spiro atoms. The number of aromatic amines is 1. The standard InChI is InChI=1S/C14H19N3O3S/c1-3-4-7-21(19,20)17-10-5-6-12-11(8-10)9(2)13(16-12)14(15)18/h5-6,8,16-17H,3-4,7H2,1-2H3,(H2,15,18). The number of nitrogens with two attached hydrogens (primary N) is 1. The van der Waals surface area contributed by atoms with Gasteiger partial charge in [0.1, 0.15) is 5.69 Å². The highest BCUT2D eigenvalue weighted by Crippen LogP contribution is 2.25. The van der Waals surface area contributed by atoms with Crippen LogP contribution in [0.15, 0.2) is 18.2 Å². The molecule has 2 rings (SSSR count). The smallest absolute Gasteiger partial charge is 0.265 e. The highest BCUT2D eigenvalue weighted by molar-refractivity contribution is 7.92. The van der Waals surface area contributed by atoms with E-state index in [1.165, 1.54) is 0 Å². The Morgan fingerprint density at radius 2 is 2.10 bits per heavy atom. The zero-order valence-corrected chi connectivity index (χ0v) is 12.9. The minimum Gasteiger partial charge on any atom is -0.364 e. The van der Waals surface area contributed by atoms with Crippen LogP contribution in [0.2, 0.25) is 0 Å². The van der Waals surface area contributed by atoms with Crippen LogP contribution in [0.25, 0.3) is 10.9 Å². The van der Waals surface area contributed by atoms with Crippen LogP contribution in [-0.2, 0) is 10.0 Å². The minimum absolute atomic E-state index is 0.0974. The molecule has 0 fully saturated rings. The number of carbonyl (C=O) groups is 1. The van der Waals surface area contributed by atoms with Gasteiger partial charge in [0.15, 0.2) is 0 Å². The Labute approximate surface area is 123 Å². The second-order valence-corrected chi connectivity index (χ2v) is 6.87. The van der Waals surface area contributed by atoms with Crippen LogP contribution in [0.4, 0.5) is 5.69 Å². The predicted octanol–water partition coefficient (Wildman–Crippen LogP) is 2.12. The lowest BCUT2D eigenvalue weighted by Gasteiger charge is -2.07. The molecule has 1 aromatic carbocycles. The van der Waals surface area contributed by atoms with Crippen LogP contribution >= 0.6 is 0 Å². The Morgan fingerprint density at radius 1 is 1.38 bits per heavy atom. The van der Waals surface area contributed by atoms with E-state index < -0.39 is 15.9 Å². The molecule has 0 atom stereocenters. The molecule has 1 amide bonds. The number of sulfonamides is 1. The summed E-state index contributed by atoms with van der Waals surface area (Å²) in [5, 5.41) is 0.777. The van der Waals surface area contributed by atoms with E-state index in [9.17, 15) is 13.2 Å². The number of anilines is 1. The van der Waals surface area contributed by atoms with Gasteiger partial charge in [0.2, 0.25) is 10.0 Å². The summed E-state index contributed by atoms with van der Waals surface area (Å²) in [6.45, 7) is 3.71. The first-order valence-corrected chi connectivity index (χ1v) is 8.42. The van der Waals surface area contributed by atoms with Crippen molar-refractivity contribution in [1.82, 2.24) is 4.98 Å². The van der Waals surface area contributed by atoms with Gasteiger partial charge in [0.05, 0.1) is 5.75 Å². The summed E-state index contributed by atoms with van der Waals surface area (Å²) in [5.41, 5.74) is 7.58. The molecular formula is C14H19N3O3S. The van der Waals surface area contributed by atoms with E-state index in [-0.39, 0.29) is 5.75 Å². The number of hydrogen-bond acceptors (Lipinski definition) is 3. The molecule has 2 aromatic rings. The van der Waals surface area contributed by atoms with Crippen LogP contribution in [0.5, 0.6) is 0 Å². The predicted molar refractivity (Wildman–Crippen MR) is 83.9 cm³/mol. The van der Waals surface area contributed by atoms with Gasteiger partial charge in [-0.1, -0.05) is 13.3 Å². The van der Waals surface area contributed by atoms with Crippen molar-refractivity contribution in [2.24, 2.45) is 5.73 Å². The van der Waals surface area contributed by atoms with E-state index in [0.717, 1.165) is 17.3 Å². The molecule has 0 radical (unpaired) electrons. The lowest BCUT2D eigenvalue weighted by molar-refractivity contribution is 0.0996. The fourth-order valence-corrected chi connectivity index (χ4v) is 3.46. The number of hydrogen-bond donors (Lipinski definition) is 3. The Bertz CT molecular complexity index is 778. The zero-order chi connectivity index (χ0) is 15.6. The van der Waals surface area contributed by atoms with Crippen molar-refractivity contribution >= 4 is 32.5 Å². The van der Waals surface area contributed by atoms with Gasteiger partial charge in [-0.25, -0.2) is 8.42 Å². The number of aryl methyl sites for hydroxylation is 1. The fraction of sp³-hybridized carbons (Fsp3) is 0.357. The van der Waals surface area contributed by atoms with Crippen LogP contribution in [0, 0.1) is 6.92 Å². The van der Waals surface area contributed by atoms with E-state index in [0.29, 0.717) is 23.4 Å². The van der Waals surface area contributed by atoms with Gasteiger partial charge < -0.3 is 10.7 Å². The molecule has 0 unspecified atom stereocenters. The number of amides is 1. The molecule has 4 N–H and O–H groups in total. The molecular weight excluding hydrogens is 290 g/mol. The number of aromatic nitrogens is 1. The Kier molecular flexibility index (Phi) is 4.22. The number of nitrogens with one attached hydrogen (secondary N) is 2. The highest BCUT2D eigenvalue weighted by Gasteiger charge is 2.14. The molecule has 7 heteroatoms. The Balaban J connectivity index is 2.35. The third kappa shape index (κ3) is 3.36. The zero-order valence-electron chi connectivity index (χ0n) is 12.1. The number of primary amides is 1. The summed E-state index contributed by atoms with van der Waals surface area (Å²) in [4.78, 5) is 14.2. The van der Waals surface area contributed by atoms with Crippen molar-refractivity contribution in [2.45, 2.75) is 26.7 Å². The number of fused-ring (bicyclic) bond motifs is 1. The van der Waals surface area contributed by atoms with Gasteiger partial charge in [-0.15, -0.1) is 0 Å². The molecule has 0 saturated heterocycles. The SMILES string of the molecule is CCCCS(=O)(=O)Nc1ccc2[nH]c(C(N)=O)c(C)c2c1. The third-order valence-electron chi connectivity index (χ3n) is 3.34. The summed E-state index contributed by atoms with van der Waals surface area (Å²) in [7, 11) is -3.34. The molecule has 1 heterocycles. The van der Waals surface area contributed by atoms with Gasteiger partial charge in [-0.3, -0.25) is 9.52 Å². The molecule has 0 aliphatic heterocycles. The fourth-order valence-electron chi connectivity index (χ4n) is 2.20. The molecule has 0 bridgehead atoms. The molecule has 1 aromatic heterocycles. The van der Waals surface area contributed by atoms with Crippen molar-refractivity contribution in [1.29, 1.82) is 0 Å². The first-order chi connectivity index (χ1) is 9.84. The summed E-state index contributed by atoms with van der Waals surface area (Å²) in [5.74, 6) is -0.436. The Morgan fingerprint density at radius 3 is 2.71 bits per heavy atom. The van der Waals surface area contributed by atoms with Crippen LogP contribution in [-0.4, -0.2) is 25.1 Å². The van der Waals surface area contributed by atoms with Crippen LogP contribution in [0.3, 0.4) is 0 Å². The topological polar surface area (TPSA) is 105 Å². The third-order valence-corrected chi connectivity index (χ3v) is 4.72. The maximum atomic E-state index is 11.9. The average molecular weight is 309 g/mol. The number of carbonyl (C=O) groups excluding carboxylic acids is 1. The van der Waals surface area contributed by atoms with Gasteiger partial charge >= 0.3 is 0 Å². The second kappa shape index (κ2) is 5.77. The number of benzene rings is 1. The van der Waals surface area contributed by atoms with E-state index in [1.54, 1.807) is 25.1 Å². The van der Waals surface area contributed by atoms with Gasteiger partial charge in [-0.05, 0) is 37.1 Å². The summed E-state index contributed by atoms with van der Waals surface area (Å²) in [6.07, 6.45) is 1.44. The highest BCUT2D eigenvalue weighted by atomic mass is 32.2. The first kappa shape index (κ1) is 15.4. The van der Waals surface area contributed by atoms with E-state index in [4.69, 9.17) is 5.73 Å². The number of unbranched alkanes of at least 4 members (excludes halogenated alkanes) is 1. The van der Waals surface area contributed by atoms with Crippen LogP contribution in [0.1, 0.15) is 35.8 Å². The quantitative estimate of drug-likeness (QED) is 0.761. The van der Waals surface area contributed by atoms with Crippen molar-refractivity contribution in [3.8, 4) is 0 Å². The average Bonchev–Trinajstić information content (AvgIpc) is 2.74. The maximum Gasteiger partial charge on any atom is 0.265 e. The van der Waals surface area contributed by atoms with Crippen molar-refractivity contribution in [2.75, 3.05) is 10.5 Å². The lowest BCUT2D eigenvalue weighted by Crippen LogP contribution is -2.16. The largest absolute Gasteiger partial charge is 0.364 e. The van der Waals surface area contributed by atoms with E-state index in [1.807, 2.05) is 6.92 Å². The van der Waals surface area contributed by atoms with Gasteiger partial charge in [-0.2, -0.15) is 0 Å². The molecule has 0 saturated carbocycles. The van der Waals surface area contributed by atoms with Crippen molar-refractivity contribution < 1.29 is 13.2 Å². The normalized spacial score (nSPS) is 11.7. The lowest BCUT2D eigenvalue weighted by atomic mass is 10.1. The van der Waals surface area contributed by atoms with Crippen molar-refractivity contribution in [3.63, 3.8) is 0 Å². The maximum absolute atomic E-state index is 11.9. The molecule has 21 heavy (non-hydrogen) atoms. The summed E-state index contributed by atoms with van der Waals surface area (Å²) >= 11 is 0. The number of H-pyrrole nitrogens is 1. The molecule has 0 aliphatic rings. The molecule has 0 aliphatic carbocycles. The summed E-state index contributed by atoms with van der Waals surface area (Å²) < 4.78 is 26.4. The van der Waals surface area contributed by atoms with E-state index in [2.05, 4.69) is 9.71 Å². The van der Waals surface area contributed by atoms with Crippen LogP contribution < -0.4 is 10.5 Å². The second-order valence-electron chi connectivity index (χ2n) is 5.02. The minimum atomic E-state index is -3.34. The van der Waals surface area contributed by atoms with Gasteiger partial charge in [0.25, 0.3) is 5.91 Å². The molecule has 114 valence electrons. The first-order valence-electron chi connectivity index (χ1n) is 6.76. The van der Waals surface area contributed by atoms with Crippen molar-refractivity contribution in [3.05, 3.63) is 29.5 Å². The number of rotatable bonds is 6. The monoisotopic (exact) mass is 309 g/mol. The van der Waals surface area contributed by atoms with E-state index >= 15 is 0 Å².